The van der Waals surface area contributed by atoms with E-state index >= 15 is 0 Å². The number of fused-ring (bicyclic) bond motifs is 1. The monoisotopic (exact) mass is 374 g/mol. The molecule has 1 aliphatic rings. The number of benzene rings is 2. The molecule has 0 saturated carbocycles. The minimum atomic E-state index is -0.991. The van der Waals surface area contributed by atoms with E-state index in [1.165, 1.54) is 18.2 Å². The Kier molecular flexibility index (Phi) is 5.50. The summed E-state index contributed by atoms with van der Waals surface area (Å²) in [7, 11) is 0. The first-order valence-electron chi connectivity index (χ1n) is 7.93. The summed E-state index contributed by atoms with van der Waals surface area (Å²) in [6.45, 7) is -0.723. The summed E-state index contributed by atoms with van der Waals surface area (Å²) in [5.74, 6) is -2.26. The van der Waals surface area contributed by atoms with Crippen LogP contribution in [0.3, 0.4) is 0 Å². The molecule has 0 radical (unpaired) electrons. The highest BCUT2D eigenvalue weighted by Gasteiger charge is 2.27. The smallest absolute Gasteiger partial charge is 0.341 e. The van der Waals surface area contributed by atoms with Crippen LogP contribution in [0.2, 0.25) is 0 Å². The molecular weight excluding hydrogens is 359 g/mol. The normalized spacial score (nSPS) is 14.8. The van der Waals surface area contributed by atoms with Gasteiger partial charge in [0.15, 0.2) is 18.1 Å². The van der Waals surface area contributed by atoms with E-state index in [4.69, 9.17) is 14.2 Å². The van der Waals surface area contributed by atoms with Gasteiger partial charge >= 0.3 is 5.97 Å². The number of para-hydroxylation sites is 2. The maximum atomic E-state index is 13.4. The summed E-state index contributed by atoms with van der Waals surface area (Å²) in [4.78, 5) is 35.4. The molecule has 27 heavy (non-hydrogen) atoms. The Morgan fingerprint density at radius 3 is 2.52 bits per heavy atom. The van der Waals surface area contributed by atoms with Crippen LogP contribution in [0.1, 0.15) is 10.4 Å². The van der Waals surface area contributed by atoms with Crippen molar-refractivity contribution in [1.29, 1.82) is 0 Å². The van der Waals surface area contributed by atoms with Crippen LogP contribution in [0.25, 0.3) is 0 Å². The number of hydrogen-bond donors (Lipinski definition) is 2. The van der Waals surface area contributed by atoms with Crippen LogP contribution >= 0.6 is 0 Å². The fourth-order valence-electron chi connectivity index (χ4n) is 2.23. The van der Waals surface area contributed by atoms with E-state index in [2.05, 4.69) is 10.9 Å². The highest BCUT2D eigenvalue weighted by molar-refractivity contribution is 5.92. The molecule has 0 aliphatic carbocycles. The number of carbonyl (C=O) groups excluding carboxylic acids is 3. The molecule has 8 nitrogen and oxygen atoms in total. The van der Waals surface area contributed by atoms with Crippen LogP contribution in [-0.2, 0) is 14.3 Å². The molecule has 3 rings (SSSR count). The quantitative estimate of drug-likeness (QED) is 0.611. The lowest BCUT2D eigenvalue weighted by molar-refractivity contribution is -0.135. The first-order valence-corrected chi connectivity index (χ1v) is 7.93. The molecule has 1 atom stereocenters. The summed E-state index contributed by atoms with van der Waals surface area (Å²) in [6.07, 6.45) is -0.957. The van der Waals surface area contributed by atoms with Gasteiger partial charge < -0.3 is 14.2 Å². The Morgan fingerprint density at radius 2 is 1.74 bits per heavy atom. The van der Waals surface area contributed by atoms with Gasteiger partial charge in [0.25, 0.3) is 11.8 Å². The van der Waals surface area contributed by atoms with E-state index in [0.29, 0.717) is 11.5 Å². The van der Waals surface area contributed by atoms with E-state index in [-0.39, 0.29) is 12.2 Å². The minimum Gasteiger partial charge on any atom is -0.485 e. The Hall–Kier alpha value is -3.62. The number of carbonyl (C=O) groups is 3. The molecule has 0 spiro atoms. The number of ether oxygens (including phenoxy) is 3. The molecule has 140 valence electrons. The zero-order chi connectivity index (χ0) is 19.2. The zero-order valence-corrected chi connectivity index (χ0v) is 13.9. The maximum absolute atomic E-state index is 13.4. The van der Waals surface area contributed by atoms with Crippen LogP contribution in [-0.4, -0.2) is 37.1 Å². The molecule has 1 aliphatic heterocycles. The summed E-state index contributed by atoms with van der Waals surface area (Å²) in [5, 5.41) is 0. The third kappa shape index (κ3) is 4.51. The molecule has 0 fully saturated rings. The lowest BCUT2D eigenvalue weighted by atomic mass is 10.2. The van der Waals surface area contributed by atoms with E-state index in [1.54, 1.807) is 24.3 Å². The average Bonchev–Trinajstić information content (AvgIpc) is 2.70. The Bertz CT molecular complexity index is 872. The van der Waals surface area contributed by atoms with Gasteiger partial charge in [-0.25, -0.2) is 9.18 Å². The van der Waals surface area contributed by atoms with Gasteiger partial charge in [0, 0.05) is 0 Å². The molecule has 2 amide bonds. The van der Waals surface area contributed by atoms with E-state index in [1.807, 2.05) is 0 Å². The third-order valence-electron chi connectivity index (χ3n) is 3.55. The summed E-state index contributed by atoms with van der Waals surface area (Å²) < 4.78 is 29.0. The first kappa shape index (κ1) is 18.2. The van der Waals surface area contributed by atoms with Gasteiger partial charge in [0.1, 0.15) is 12.4 Å². The molecule has 9 heteroatoms. The second-order valence-electron chi connectivity index (χ2n) is 5.46. The summed E-state index contributed by atoms with van der Waals surface area (Å²) in [5.41, 5.74) is 3.94. The maximum Gasteiger partial charge on any atom is 0.341 e. The van der Waals surface area contributed by atoms with Crippen molar-refractivity contribution < 1.29 is 33.0 Å². The van der Waals surface area contributed by atoms with Crippen LogP contribution < -0.4 is 20.3 Å². The Morgan fingerprint density at radius 1 is 1.04 bits per heavy atom. The predicted molar refractivity (Wildman–Crippen MR) is 89.3 cm³/mol. The molecule has 1 heterocycles. The number of hydrazine groups is 1. The first-order chi connectivity index (χ1) is 13.0. The fourth-order valence-corrected chi connectivity index (χ4v) is 2.23. The number of amides is 2. The van der Waals surface area contributed by atoms with Crippen molar-refractivity contribution >= 4 is 17.8 Å². The minimum absolute atomic E-state index is 0.0268. The third-order valence-corrected chi connectivity index (χ3v) is 3.55. The van der Waals surface area contributed by atoms with Crippen molar-refractivity contribution in [3.8, 4) is 11.5 Å². The van der Waals surface area contributed by atoms with E-state index in [0.717, 1.165) is 6.07 Å². The van der Waals surface area contributed by atoms with Crippen LogP contribution in [0.15, 0.2) is 48.5 Å². The van der Waals surface area contributed by atoms with Crippen molar-refractivity contribution in [2.45, 2.75) is 6.10 Å². The molecule has 0 unspecified atom stereocenters. The Labute approximate surface area is 153 Å². The van der Waals surface area contributed by atoms with Gasteiger partial charge in [0.05, 0.1) is 5.56 Å². The standard InChI is InChI=1S/C18H15FN2O6/c19-12-6-2-1-5-11(12)18(24)26-10-16(22)20-21-17(23)15-9-25-13-7-3-4-8-14(13)27-15/h1-8,15H,9-10H2,(H,20,22)(H,21,23)/t15-/m0/s1. The highest BCUT2D eigenvalue weighted by atomic mass is 19.1. The van der Waals surface area contributed by atoms with Crippen molar-refractivity contribution in [3.63, 3.8) is 0 Å². The van der Waals surface area contributed by atoms with Crippen molar-refractivity contribution in [2.24, 2.45) is 0 Å². The molecule has 2 N–H and O–H groups in total. The van der Waals surface area contributed by atoms with Crippen LogP contribution in [0, 0.1) is 5.82 Å². The van der Waals surface area contributed by atoms with Crippen LogP contribution in [0.5, 0.6) is 11.5 Å². The van der Waals surface area contributed by atoms with Gasteiger partial charge in [-0.2, -0.15) is 0 Å². The van der Waals surface area contributed by atoms with Gasteiger partial charge in [-0.1, -0.05) is 24.3 Å². The van der Waals surface area contributed by atoms with E-state index < -0.39 is 36.3 Å². The SMILES string of the molecule is O=C(COC(=O)c1ccccc1F)NNC(=O)[C@@H]1COc2ccccc2O1. The van der Waals surface area contributed by atoms with Gasteiger partial charge in [-0.05, 0) is 24.3 Å². The average molecular weight is 374 g/mol. The number of nitrogens with one attached hydrogen (secondary N) is 2. The lowest BCUT2D eigenvalue weighted by Gasteiger charge is -2.25. The van der Waals surface area contributed by atoms with Gasteiger partial charge in [-0.15, -0.1) is 0 Å². The lowest BCUT2D eigenvalue weighted by Crippen LogP contribution is -2.51. The topological polar surface area (TPSA) is 103 Å². The van der Waals surface area contributed by atoms with Crippen molar-refractivity contribution in [1.82, 2.24) is 10.9 Å². The van der Waals surface area contributed by atoms with Gasteiger partial charge in [-0.3, -0.25) is 20.4 Å². The number of hydrogen-bond acceptors (Lipinski definition) is 6. The predicted octanol–water partition coefficient (Wildman–Crippen LogP) is 0.970. The highest BCUT2D eigenvalue weighted by Crippen LogP contribution is 2.30. The van der Waals surface area contributed by atoms with E-state index in [9.17, 15) is 18.8 Å². The van der Waals surface area contributed by atoms with Crippen LogP contribution in [0.4, 0.5) is 4.39 Å². The number of halogens is 1. The molecular formula is C18H15FN2O6. The summed E-state index contributed by atoms with van der Waals surface area (Å²) >= 11 is 0. The largest absolute Gasteiger partial charge is 0.485 e. The Balaban J connectivity index is 1.43. The summed E-state index contributed by atoms with van der Waals surface area (Å²) in [6, 6.07) is 12.1. The van der Waals surface area contributed by atoms with Crippen molar-refractivity contribution in [3.05, 3.63) is 59.9 Å². The van der Waals surface area contributed by atoms with Crippen molar-refractivity contribution in [2.75, 3.05) is 13.2 Å². The molecule has 0 bridgehead atoms. The number of rotatable bonds is 4. The second-order valence-corrected chi connectivity index (χ2v) is 5.46. The number of esters is 1. The van der Waals surface area contributed by atoms with Gasteiger partial charge in [0.2, 0.25) is 6.10 Å². The molecule has 2 aromatic rings. The molecule has 0 aromatic heterocycles. The second kappa shape index (κ2) is 8.17. The molecule has 2 aromatic carbocycles. The molecule has 0 saturated heterocycles. The zero-order valence-electron chi connectivity index (χ0n) is 13.9. The fraction of sp³-hybridized carbons (Fsp3) is 0.167.